The number of ether oxygens (including phenoxy) is 5. The maximum Gasteiger partial charge on any atom is 0.338 e. The predicted octanol–water partition coefficient (Wildman–Crippen LogP) is 6.22. The molecule has 1 heterocycles. The minimum absolute atomic E-state index is 0.0213. The van der Waals surface area contributed by atoms with Gasteiger partial charge >= 0.3 is 17.9 Å². The van der Waals surface area contributed by atoms with E-state index in [-0.39, 0.29) is 42.8 Å². The van der Waals surface area contributed by atoms with Crippen LogP contribution in [0.2, 0.25) is 0 Å². The van der Waals surface area contributed by atoms with E-state index in [1.54, 1.807) is 69.3 Å². The van der Waals surface area contributed by atoms with E-state index in [1.807, 2.05) is 30.3 Å². The molecule has 1 aliphatic heterocycles. The number of allylic oxidation sites excluding steroid dienone is 1. The summed E-state index contributed by atoms with van der Waals surface area (Å²) in [5, 5.41) is 35.0. The quantitative estimate of drug-likeness (QED) is 0.114. The summed E-state index contributed by atoms with van der Waals surface area (Å²) in [5.74, 6) is -4.03. The molecule has 0 radical (unpaired) electrons. The van der Waals surface area contributed by atoms with Gasteiger partial charge in [0.15, 0.2) is 11.4 Å². The normalized spacial score (nSPS) is 28.4. The van der Waals surface area contributed by atoms with Crippen LogP contribution in [0.4, 0.5) is 0 Å². The van der Waals surface area contributed by atoms with E-state index >= 15 is 0 Å². The van der Waals surface area contributed by atoms with Crippen LogP contribution in [0.25, 0.3) is 6.08 Å². The zero-order valence-corrected chi connectivity index (χ0v) is 31.9. The first kappa shape index (κ1) is 40.1. The number of hydrogen-bond donors (Lipinski definition) is 3. The number of fused-ring (bicyclic) bond motifs is 2. The Morgan fingerprint density at radius 2 is 1.52 bits per heavy atom. The van der Waals surface area contributed by atoms with Crippen molar-refractivity contribution < 1.29 is 58.2 Å². The Morgan fingerprint density at radius 3 is 2.11 bits per heavy atom. The van der Waals surface area contributed by atoms with Gasteiger partial charge in [-0.15, -0.1) is 0 Å². The third-order valence-electron chi connectivity index (χ3n) is 11.2. The Morgan fingerprint density at radius 1 is 0.893 bits per heavy atom. The molecule has 0 spiro atoms. The van der Waals surface area contributed by atoms with Gasteiger partial charge < -0.3 is 39.0 Å². The Kier molecular flexibility index (Phi) is 11.4. The molecule has 3 N–H and O–H groups in total. The van der Waals surface area contributed by atoms with E-state index in [0.717, 1.165) is 0 Å². The SMILES string of the molecule is CC(=O)O[C@@]1([C@@H]2/C(C)=C(/O)C(=O)C3=C(C)[C@@H](OC(=O)/C=C/c4ccc(Oc5ccccc5)cc4)C[C@@](O)([C@H]2OC(=O)c2ccccc2)C3(C)C)CO[C@@H]1CCO. The van der Waals surface area contributed by atoms with Gasteiger partial charge in [-0.3, -0.25) is 9.59 Å². The van der Waals surface area contributed by atoms with Crippen LogP contribution in [-0.2, 0) is 33.3 Å². The lowest BCUT2D eigenvalue weighted by molar-refractivity contribution is -0.295. The van der Waals surface area contributed by atoms with Crippen molar-refractivity contribution in [3.63, 3.8) is 0 Å². The molecule has 2 bridgehead atoms. The number of ketones is 1. The average molecular weight is 767 g/mol. The standard InChI is InChI=1S/C44H46O12/c1-26-33(54-35(47)21-18-29-16-19-32(20-17-29)53-31-14-10-7-11-15-31)24-44(51)40(55-41(50)30-12-8-6-9-13-30)37(27(2)38(48)39(49)36(26)42(44,4)5)43(56-28(3)46)25-52-34(43)22-23-45/h6-21,33-34,37,40,45,48,51H,22-25H2,1-5H3/b21-18+,38-27+/t33-,34+,37+,40-,43-,44+/m0/s1. The highest BCUT2D eigenvalue weighted by atomic mass is 16.6. The van der Waals surface area contributed by atoms with Gasteiger partial charge in [0.25, 0.3) is 0 Å². The zero-order valence-electron chi connectivity index (χ0n) is 31.9. The molecule has 3 aromatic rings. The highest BCUT2D eigenvalue weighted by Gasteiger charge is 2.69. The first-order chi connectivity index (χ1) is 26.6. The van der Waals surface area contributed by atoms with Crippen molar-refractivity contribution in [1.82, 2.24) is 0 Å². The molecule has 0 amide bonds. The van der Waals surface area contributed by atoms with Gasteiger partial charge in [0, 0.05) is 43.4 Å². The number of benzene rings is 3. The van der Waals surface area contributed by atoms with Crippen LogP contribution < -0.4 is 4.74 Å². The molecule has 0 unspecified atom stereocenters. The van der Waals surface area contributed by atoms with Crippen molar-refractivity contribution in [1.29, 1.82) is 0 Å². The first-order valence-electron chi connectivity index (χ1n) is 18.4. The molecule has 56 heavy (non-hydrogen) atoms. The summed E-state index contributed by atoms with van der Waals surface area (Å²) in [6.07, 6.45) is -1.46. The maximum absolute atomic E-state index is 14.4. The van der Waals surface area contributed by atoms with Crippen LogP contribution >= 0.6 is 0 Å². The number of rotatable bonds is 11. The van der Waals surface area contributed by atoms with Gasteiger partial charge in [0.2, 0.25) is 5.78 Å². The Bertz CT molecular complexity index is 2070. The number of hydrogen-bond acceptors (Lipinski definition) is 12. The van der Waals surface area contributed by atoms with E-state index in [9.17, 15) is 34.5 Å². The number of aliphatic hydroxyl groups excluding tert-OH is 2. The van der Waals surface area contributed by atoms with Gasteiger partial charge in [0.05, 0.1) is 18.1 Å². The highest BCUT2D eigenvalue weighted by Crippen LogP contribution is 2.58. The molecule has 6 atom stereocenters. The van der Waals surface area contributed by atoms with Gasteiger partial charge in [-0.2, -0.15) is 0 Å². The Hall–Kier alpha value is -5.56. The van der Waals surface area contributed by atoms with Crippen LogP contribution in [0.3, 0.4) is 0 Å². The minimum atomic E-state index is -2.20. The molecule has 1 saturated heterocycles. The van der Waals surface area contributed by atoms with Crippen molar-refractivity contribution in [2.24, 2.45) is 11.3 Å². The number of para-hydroxylation sites is 1. The molecule has 0 saturated carbocycles. The van der Waals surface area contributed by atoms with Gasteiger partial charge in [-0.1, -0.05) is 62.4 Å². The van der Waals surface area contributed by atoms with Gasteiger partial charge in [-0.05, 0) is 73.0 Å². The smallest absolute Gasteiger partial charge is 0.338 e. The lowest BCUT2D eigenvalue weighted by atomic mass is 9.53. The van der Waals surface area contributed by atoms with Crippen molar-refractivity contribution >= 4 is 29.8 Å². The Labute approximate surface area is 325 Å². The molecule has 0 aromatic heterocycles. The molecular weight excluding hydrogens is 720 g/mol. The van der Waals surface area contributed by atoms with E-state index in [1.165, 1.54) is 32.1 Å². The largest absolute Gasteiger partial charge is 0.504 e. The second-order valence-corrected chi connectivity index (χ2v) is 14.9. The topological polar surface area (TPSA) is 175 Å². The van der Waals surface area contributed by atoms with Crippen molar-refractivity contribution in [2.75, 3.05) is 13.2 Å². The molecule has 6 rings (SSSR count). The number of aliphatic hydroxyl groups is 3. The molecule has 3 aromatic carbocycles. The fourth-order valence-electron chi connectivity index (χ4n) is 8.26. The zero-order chi connectivity index (χ0) is 40.4. The summed E-state index contributed by atoms with van der Waals surface area (Å²) < 4.78 is 29.9. The summed E-state index contributed by atoms with van der Waals surface area (Å²) in [4.78, 5) is 54.6. The Balaban J connectivity index is 1.40. The van der Waals surface area contributed by atoms with Crippen LogP contribution in [0.1, 0.15) is 63.4 Å². The van der Waals surface area contributed by atoms with Gasteiger partial charge in [-0.25, -0.2) is 9.59 Å². The van der Waals surface area contributed by atoms with Crippen molar-refractivity contribution in [3.05, 3.63) is 125 Å². The predicted molar refractivity (Wildman–Crippen MR) is 203 cm³/mol. The van der Waals surface area contributed by atoms with E-state index < -0.39 is 70.3 Å². The van der Waals surface area contributed by atoms with Crippen LogP contribution in [0, 0.1) is 11.3 Å². The van der Waals surface area contributed by atoms with Crippen molar-refractivity contribution in [2.45, 2.75) is 77.0 Å². The summed E-state index contributed by atoms with van der Waals surface area (Å²) >= 11 is 0. The van der Waals surface area contributed by atoms with E-state index in [4.69, 9.17) is 23.7 Å². The first-order valence-corrected chi connectivity index (χ1v) is 18.4. The summed E-state index contributed by atoms with van der Waals surface area (Å²) in [7, 11) is 0. The third-order valence-corrected chi connectivity index (χ3v) is 11.2. The molecule has 12 heteroatoms. The fraction of sp³-hybridized carbons (Fsp3) is 0.364. The summed E-state index contributed by atoms with van der Waals surface area (Å²) in [5.41, 5.74) is -4.42. The van der Waals surface area contributed by atoms with E-state index in [2.05, 4.69) is 0 Å². The number of carbonyl (C=O) groups excluding carboxylic acids is 4. The summed E-state index contributed by atoms with van der Waals surface area (Å²) in [6, 6.07) is 24.3. The molecule has 294 valence electrons. The lowest BCUT2D eigenvalue weighted by Crippen LogP contribution is -2.73. The molecular formula is C44H46O12. The third kappa shape index (κ3) is 7.39. The fourth-order valence-corrected chi connectivity index (χ4v) is 8.26. The van der Waals surface area contributed by atoms with Crippen LogP contribution in [0.5, 0.6) is 11.5 Å². The molecule has 2 aliphatic carbocycles. The minimum Gasteiger partial charge on any atom is -0.504 e. The van der Waals surface area contributed by atoms with Crippen LogP contribution in [0.15, 0.2) is 113 Å². The lowest BCUT2D eigenvalue weighted by Gasteiger charge is -2.60. The maximum atomic E-state index is 14.4. The highest BCUT2D eigenvalue weighted by molar-refractivity contribution is 6.09. The number of esters is 3. The van der Waals surface area contributed by atoms with Crippen LogP contribution in [-0.4, -0.2) is 81.7 Å². The molecule has 3 aliphatic rings. The number of Topliss-reactive ketones (excluding diaryl/α,β-unsaturated/α-hetero) is 1. The average Bonchev–Trinajstić information content (AvgIpc) is 3.17. The van der Waals surface area contributed by atoms with E-state index in [0.29, 0.717) is 22.6 Å². The second kappa shape index (κ2) is 15.9. The number of carbonyl (C=O) groups is 4. The van der Waals surface area contributed by atoms with Crippen molar-refractivity contribution in [3.8, 4) is 11.5 Å². The molecule has 1 fully saturated rings. The monoisotopic (exact) mass is 766 g/mol. The molecule has 12 nitrogen and oxygen atoms in total. The summed E-state index contributed by atoms with van der Waals surface area (Å²) in [6.45, 7) is 6.74. The second-order valence-electron chi connectivity index (χ2n) is 14.9. The van der Waals surface area contributed by atoms with Gasteiger partial charge in [0.1, 0.15) is 35.4 Å².